The van der Waals surface area contributed by atoms with Crippen molar-refractivity contribution in [1.82, 2.24) is 0 Å². The fourth-order valence-corrected chi connectivity index (χ4v) is 1.84. The van der Waals surface area contributed by atoms with Crippen LogP contribution in [0, 0.1) is 0 Å². The van der Waals surface area contributed by atoms with Gasteiger partial charge in [0.1, 0.15) is 5.75 Å². The molecule has 0 saturated carbocycles. The number of carbonyl (C=O) groups is 1. The highest BCUT2D eigenvalue weighted by Gasteiger charge is 2.07. The van der Waals surface area contributed by atoms with E-state index in [9.17, 15) is 4.79 Å². The van der Waals surface area contributed by atoms with Crippen LogP contribution in [-0.2, 0) is 6.61 Å². The molecule has 2 N–H and O–H groups in total. The molecule has 0 atom stereocenters. The average Bonchev–Trinajstić information content (AvgIpc) is 2.54. The SMILES string of the molecule is CCCOc1cccc(C(=O)Nc2ccc(CO)cc2)c1. The number of carbonyl (C=O) groups excluding carboxylic acids is 1. The molecule has 0 unspecified atom stereocenters. The molecule has 0 saturated heterocycles. The molecule has 110 valence electrons. The number of hydrogen-bond donors (Lipinski definition) is 2. The number of aliphatic hydroxyl groups excluding tert-OH is 1. The Morgan fingerprint density at radius 3 is 2.62 bits per heavy atom. The van der Waals surface area contributed by atoms with Gasteiger partial charge in [0.25, 0.3) is 5.91 Å². The maximum atomic E-state index is 12.2. The smallest absolute Gasteiger partial charge is 0.255 e. The Morgan fingerprint density at radius 1 is 1.19 bits per heavy atom. The Labute approximate surface area is 124 Å². The molecule has 4 heteroatoms. The quantitative estimate of drug-likeness (QED) is 0.856. The van der Waals surface area contributed by atoms with Gasteiger partial charge in [-0.2, -0.15) is 0 Å². The van der Waals surface area contributed by atoms with Crippen molar-refractivity contribution in [2.45, 2.75) is 20.0 Å². The fourth-order valence-electron chi connectivity index (χ4n) is 1.84. The summed E-state index contributed by atoms with van der Waals surface area (Å²) in [4.78, 5) is 12.2. The van der Waals surface area contributed by atoms with Gasteiger partial charge in [-0.1, -0.05) is 25.1 Å². The minimum atomic E-state index is -0.186. The van der Waals surface area contributed by atoms with E-state index >= 15 is 0 Å². The number of benzene rings is 2. The van der Waals surface area contributed by atoms with Crippen LogP contribution in [0.3, 0.4) is 0 Å². The van der Waals surface area contributed by atoms with Crippen LogP contribution in [-0.4, -0.2) is 17.6 Å². The molecular weight excluding hydrogens is 266 g/mol. The van der Waals surface area contributed by atoms with Crippen LogP contribution >= 0.6 is 0 Å². The van der Waals surface area contributed by atoms with E-state index in [1.54, 1.807) is 42.5 Å². The molecule has 0 heterocycles. The average molecular weight is 285 g/mol. The van der Waals surface area contributed by atoms with E-state index in [4.69, 9.17) is 9.84 Å². The van der Waals surface area contributed by atoms with Gasteiger partial charge in [0, 0.05) is 11.3 Å². The van der Waals surface area contributed by atoms with Gasteiger partial charge in [0.2, 0.25) is 0 Å². The van der Waals surface area contributed by atoms with E-state index in [1.165, 1.54) is 0 Å². The molecule has 0 aliphatic carbocycles. The van der Waals surface area contributed by atoms with E-state index in [2.05, 4.69) is 5.32 Å². The Morgan fingerprint density at radius 2 is 1.95 bits per heavy atom. The molecule has 0 aliphatic heterocycles. The highest BCUT2D eigenvalue weighted by Crippen LogP contribution is 2.16. The first-order chi connectivity index (χ1) is 10.2. The molecule has 2 rings (SSSR count). The molecule has 0 aromatic heterocycles. The highest BCUT2D eigenvalue weighted by atomic mass is 16.5. The summed E-state index contributed by atoms with van der Waals surface area (Å²) in [5.74, 6) is 0.508. The lowest BCUT2D eigenvalue weighted by molar-refractivity contribution is 0.102. The Bertz CT molecular complexity index is 593. The van der Waals surface area contributed by atoms with Crippen molar-refractivity contribution in [2.75, 3.05) is 11.9 Å². The second kappa shape index (κ2) is 7.45. The largest absolute Gasteiger partial charge is 0.494 e. The molecule has 4 nitrogen and oxygen atoms in total. The molecule has 0 bridgehead atoms. The molecule has 2 aromatic carbocycles. The lowest BCUT2D eigenvalue weighted by atomic mass is 10.2. The van der Waals surface area contributed by atoms with Crippen LogP contribution in [0.15, 0.2) is 48.5 Å². The minimum Gasteiger partial charge on any atom is -0.494 e. The maximum absolute atomic E-state index is 12.2. The highest BCUT2D eigenvalue weighted by molar-refractivity contribution is 6.04. The van der Waals surface area contributed by atoms with Crippen LogP contribution < -0.4 is 10.1 Å². The van der Waals surface area contributed by atoms with Gasteiger partial charge in [-0.05, 0) is 42.3 Å². The monoisotopic (exact) mass is 285 g/mol. The van der Waals surface area contributed by atoms with E-state index in [-0.39, 0.29) is 12.5 Å². The van der Waals surface area contributed by atoms with Crippen molar-refractivity contribution in [2.24, 2.45) is 0 Å². The van der Waals surface area contributed by atoms with Crippen LogP contribution in [0.25, 0.3) is 0 Å². The Balaban J connectivity index is 2.05. The standard InChI is InChI=1S/C17H19NO3/c1-2-10-21-16-5-3-4-14(11-16)17(20)18-15-8-6-13(12-19)7-9-15/h3-9,11,19H,2,10,12H2,1H3,(H,18,20). The molecule has 1 amide bonds. The summed E-state index contributed by atoms with van der Waals surface area (Å²) in [6.07, 6.45) is 0.924. The normalized spacial score (nSPS) is 10.2. The predicted octanol–water partition coefficient (Wildman–Crippen LogP) is 3.22. The summed E-state index contributed by atoms with van der Waals surface area (Å²) in [5.41, 5.74) is 2.05. The fraction of sp³-hybridized carbons (Fsp3) is 0.235. The second-order valence-corrected chi connectivity index (χ2v) is 4.69. The number of anilines is 1. The van der Waals surface area contributed by atoms with Crippen molar-refractivity contribution in [1.29, 1.82) is 0 Å². The van der Waals surface area contributed by atoms with Gasteiger partial charge in [0.15, 0.2) is 0 Å². The Kier molecular flexibility index (Phi) is 5.35. The Hall–Kier alpha value is -2.33. The first-order valence-electron chi connectivity index (χ1n) is 6.97. The summed E-state index contributed by atoms with van der Waals surface area (Å²) in [6, 6.07) is 14.2. The van der Waals surface area contributed by atoms with E-state index in [0.29, 0.717) is 23.6 Å². The third kappa shape index (κ3) is 4.33. The van der Waals surface area contributed by atoms with Gasteiger partial charge >= 0.3 is 0 Å². The molecular formula is C17H19NO3. The van der Waals surface area contributed by atoms with Crippen molar-refractivity contribution in [3.05, 3.63) is 59.7 Å². The number of ether oxygens (including phenoxy) is 1. The number of aliphatic hydroxyl groups is 1. The molecule has 0 aliphatic rings. The zero-order chi connectivity index (χ0) is 15.1. The maximum Gasteiger partial charge on any atom is 0.255 e. The van der Waals surface area contributed by atoms with Gasteiger partial charge in [0.05, 0.1) is 13.2 Å². The van der Waals surface area contributed by atoms with E-state index < -0.39 is 0 Å². The zero-order valence-electron chi connectivity index (χ0n) is 12.0. The van der Waals surface area contributed by atoms with Crippen molar-refractivity contribution >= 4 is 11.6 Å². The first-order valence-corrected chi connectivity index (χ1v) is 6.97. The summed E-state index contributed by atoms with van der Waals surface area (Å²) in [6.45, 7) is 2.66. The number of amides is 1. The summed E-state index contributed by atoms with van der Waals surface area (Å²) in [7, 11) is 0. The summed E-state index contributed by atoms with van der Waals surface area (Å²) >= 11 is 0. The lowest BCUT2D eigenvalue weighted by Crippen LogP contribution is -2.12. The second-order valence-electron chi connectivity index (χ2n) is 4.69. The molecule has 0 radical (unpaired) electrons. The molecule has 2 aromatic rings. The third-order valence-corrected chi connectivity index (χ3v) is 2.96. The van der Waals surface area contributed by atoms with Gasteiger partial charge in [-0.15, -0.1) is 0 Å². The minimum absolute atomic E-state index is 0.00889. The van der Waals surface area contributed by atoms with Crippen molar-refractivity contribution in [3.63, 3.8) is 0 Å². The summed E-state index contributed by atoms with van der Waals surface area (Å²) in [5, 5.41) is 11.8. The van der Waals surface area contributed by atoms with E-state index in [0.717, 1.165) is 12.0 Å². The summed E-state index contributed by atoms with van der Waals surface area (Å²) < 4.78 is 5.52. The number of hydrogen-bond acceptors (Lipinski definition) is 3. The molecule has 0 spiro atoms. The topological polar surface area (TPSA) is 58.6 Å². The first kappa shape index (κ1) is 15.1. The lowest BCUT2D eigenvalue weighted by Gasteiger charge is -2.08. The molecule has 21 heavy (non-hydrogen) atoms. The third-order valence-electron chi connectivity index (χ3n) is 2.96. The van der Waals surface area contributed by atoms with E-state index in [1.807, 2.05) is 13.0 Å². The van der Waals surface area contributed by atoms with Gasteiger partial charge in [-0.3, -0.25) is 4.79 Å². The number of rotatable bonds is 6. The van der Waals surface area contributed by atoms with Crippen LogP contribution in [0.4, 0.5) is 5.69 Å². The van der Waals surface area contributed by atoms with Crippen molar-refractivity contribution < 1.29 is 14.6 Å². The van der Waals surface area contributed by atoms with Crippen LogP contribution in [0.2, 0.25) is 0 Å². The predicted molar refractivity (Wildman–Crippen MR) is 82.5 cm³/mol. The van der Waals surface area contributed by atoms with Crippen LogP contribution in [0.5, 0.6) is 5.75 Å². The van der Waals surface area contributed by atoms with Crippen molar-refractivity contribution in [3.8, 4) is 5.75 Å². The van der Waals surface area contributed by atoms with Gasteiger partial charge < -0.3 is 15.2 Å². The zero-order valence-corrected chi connectivity index (χ0v) is 12.0. The number of nitrogens with one attached hydrogen (secondary N) is 1. The van der Waals surface area contributed by atoms with Crippen LogP contribution in [0.1, 0.15) is 29.3 Å². The van der Waals surface area contributed by atoms with Gasteiger partial charge in [-0.25, -0.2) is 0 Å². The molecule has 0 fully saturated rings.